The summed E-state index contributed by atoms with van der Waals surface area (Å²) in [5.74, 6) is -0.932. The zero-order valence-corrected chi connectivity index (χ0v) is 11.4. The van der Waals surface area contributed by atoms with E-state index in [0.29, 0.717) is 0 Å². The van der Waals surface area contributed by atoms with Gasteiger partial charge in [-0.2, -0.15) is 0 Å². The number of hydrogen-bond donors (Lipinski definition) is 1. The van der Waals surface area contributed by atoms with Crippen molar-refractivity contribution in [3.63, 3.8) is 0 Å². The minimum Gasteiger partial charge on any atom is -0.478 e. The van der Waals surface area contributed by atoms with E-state index in [1.54, 1.807) is 0 Å². The van der Waals surface area contributed by atoms with Crippen LogP contribution in [0.5, 0.6) is 0 Å². The number of benzene rings is 2. The Morgan fingerprint density at radius 3 is 2.26 bits per heavy atom. The number of thioether (sulfide) groups is 1. The number of aryl methyl sites for hydroxylation is 1. The molecule has 0 aliphatic heterocycles. The molecule has 0 radical (unpaired) electrons. The Labute approximate surface area is 116 Å². The van der Waals surface area contributed by atoms with Crippen molar-refractivity contribution in [2.45, 2.75) is 11.8 Å². The lowest BCUT2D eigenvalue weighted by atomic mass is 10.2. The third kappa shape index (κ3) is 4.00. The van der Waals surface area contributed by atoms with Crippen molar-refractivity contribution in [2.24, 2.45) is 0 Å². The molecule has 0 amide bonds. The first kappa shape index (κ1) is 13.4. The second-order valence-electron chi connectivity index (χ2n) is 4.13. The van der Waals surface area contributed by atoms with Gasteiger partial charge in [0.05, 0.1) is 0 Å². The Morgan fingerprint density at radius 1 is 1.05 bits per heavy atom. The molecule has 0 spiro atoms. The fourth-order valence-corrected chi connectivity index (χ4v) is 2.56. The number of carbonyl (C=O) groups is 1. The van der Waals surface area contributed by atoms with Gasteiger partial charge in [-0.3, -0.25) is 0 Å². The summed E-state index contributed by atoms with van der Waals surface area (Å²) in [6.45, 7) is 2.03. The highest BCUT2D eigenvalue weighted by Gasteiger charge is 2.06. The summed E-state index contributed by atoms with van der Waals surface area (Å²) in [4.78, 5) is 12.7. The van der Waals surface area contributed by atoms with Crippen molar-refractivity contribution in [3.05, 3.63) is 71.8 Å². The van der Waals surface area contributed by atoms with Gasteiger partial charge in [0, 0.05) is 15.9 Å². The third-order valence-corrected chi connectivity index (χ3v) is 3.64. The van der Waals surface area contributed by atoms with Crippen LogP contribution >= 0.6 is 11.8 Å². The molecule has 0 aromatic heterocycles. The molecule has 0 unspecified atom stereocenters. The zero-order valence-electron chi connectivity index (χ0n) is 10.5. The van der Waals surface area contributed by atoms with Gasteiger partial charge < -0.3 is 5.11 Å². The lowest BCUT2D eigenvalue weighted by molar-refractivity contribution is -0.131. The maximum absolute atomic E-state index is 10.9. The van der Waals surface area contributed by atoms with E-state index in [1.165, 1.54) is 23.4 Å². The molecule has 2 nitrogen and oxygen atoms in total. The molecule has 0 saturated heterocycles. The van der Waals surface area contributed by atoms with E-state index in [4.69, 9.17) is 5.11 Å². The first-order valence-corrected chi connectivity index (χ1v) is 6.71. The topological polar surface area (TPSA) is 37.3 Å². The molecule has 0 heterocycles. The van der Waals surface area contributed by atoms with Crippen molar-refractivity contribution in [3.8, 4) is 0 Å². The summed E-state index contributed by atoms with van der Waals surface area (Å²) in [5, 5.41) is 8.98. The quantitative estimate of drug-likeness (QED) is 0.668. The van der Waals surface area contributed by atoms with Gasteiger partial charge in [0.25, 0.3) is 0 Å². The normalized spacial score (nSPS) is 11.3. The Bertz CT molecular complexity index is 586. The molecular weight excluding hydrogens is 256 g/mol. The average Bonchev–Trinajstić information content (AvgIpc) is 2.41. The fraction of sp³-hybridized carbons (Fsp3) is 0.0625. The Kier molecular flexibility index (Phi) is 4.42. The SMILES string of the molecule is Cc1ccc(S/C(=C/C(=O)O)c2ccccc2)cc1. The van der Waals surface area contributed by atoms with Crippen LogP contribution in [0.4, 0.5) is 0 Å². The maximum atomic E-state index is 10.9. The summed E-state index contributed by atoms with van der Waals surface area (Å²) < 4.78 is 0. The fourth-order valence-electron chi connectivity index (χ4n) is 1.62. The monoisotopic (exact) mass is 270 g/mol. The third-order valence-electron chi connectivity index (χ3n) is 2.56. The summed E-state index contributed by atoms with van der Waals surface area (Å²) in [7, 11) is 0. The van der Waals surface area contributed by atoms with Crippen molar-refractivity contribution < 1.29 is 9.90 Å². The maximum Gasteiger partial charge on any atom is 0.329 e. The van der Waals surface area contributed by atoms with Gasteiger partial charge in [0.15, 0.2) is 0 Å². The van der Waals surface area contributed by atoms with Crippen molar-refractivity contribution in [1.82, 2.24) is 0 Å². The molecule has 96 valence electrons. The van der Waals surface area contributed by atoms with E-state index in [1.807, 2.05) is 61.5 Å². The Morgan fingerprint density at radius 2 is 1.68 bits per heavy atom. The number of rotatable bonds is 4. The van der Waals surface area contributed by atoms with Crippen LogP contribution in [0.15, 0.2) is 65.6 Å². The molecule has 19 heavy (non-hydrogen) atoms. The van der Waals surface area contributed by atoms with E-state index in [-0.39, 0.29) is 0 Å². The van der Waals surface area contributed by atoms with Crippen LogP contribution in [0.2, 0.25) is 0 Å². The Balaban J connectivity index is 2.30. The van der Waals surface area contributed by atoms with Gasteiger partial charge in [-0.05, 0) is 24.6 Å². The van der Waals surface area contributed by atoms with Crippen molar-refractivity contribution >= 4 is 22.6 Å². The highest BCUT2D eigenvalue weighted by Crippen LogP contribution is 2.34. The summed E-state index contributed by atoms with van der Waals surface area (Å²) in [6.07, 6.45) is 1.25. The first-order chi connectivity index (χ1) is 9.15. The van der Waals surface area contributed by atoms with Crippen LogP contribution in [-0.4, -0.2) is 11.1 Å². The van der Waals surface area contributed by atoms with Gasteiger partial charge >= 0.3 is 5.97 Å². The number of aliphatic carboxylic acids is 1. The molecular formula is C16H14O2S. The van der Waals surface area contributed by atoms with Crippen LogP contribution in [0.3, 0.4) is 0 Å². The molecule has 3 heteroatoms. The van der Waals surface area contributed by atoms with Gasteiger partial charge in [-0.25, -0.2) is 4.79 Å². The smallest absolute Gasteiger partial charge is 0.329 e. The highest BCUT2D eigenvalue weighted by molar-refractivity contribution is 8.08. The molecule has 0 saturated carbocycles. The Hall–Kier alpha value is -2.00. The van der Waals surface area contributed by atoms with E-state index in [2.05, 4.69) is 0 Å². The number of carboxylic acid groups (broad SMARTS) is 1. The molecule has 2 aromatic rings. The number of hydrogen-bond acceptors (Lipinski definition) is 2. The second-order valence-corrected chi connectivity index (χ2v) is 5.24. The molecule has 0 atom stereocenters. The molecule has 0 bridgehead atoms. The zero-order chi connectivity index (χ0) is 13.7. The lowest BCUT2D eigenvalue weighted by Crippen LogP contribution is -1.90. The lowest BCUT2D eigenvalue weighted by Gasteiger charge is -2.07. The summed E-state index contributed by atoms with van der Waals surface area (Å²) in [6, 6.07) is 17.6. The van der Waals surface area contributed by atoms with E-state index < -0.39 is 5.97 Å². The molecule has 2 aromatic carbocycles. The predicted molar refractivity (Wildman–Crippen MR) is 79.1 cm³/mol. The van der Waals surface area contributed by atoms with Gasteiger partial charge in [0.2, 0.25) is 0 Å². The van der Waals surface area contributed by atoms with E-state index in [9.17, 15) is 4.79 Å². The van der Waals surface area contributed by atoms with Crippen LogP contribution < -0.4 is 0 Å². The first-order valence-electron chi connectivity index (χ1n) is 5.90. The molecule has 0 fully saturated rings. The molecule has 0 aliphatic carbocycles. The minimum atomic E-state index is -0.932. The van der Waals surface area contributed by atoms with Crippen LogP contribution in [0, 0.1) is 6.92 Å². The summed E-state index contributed by atoms with van der Waals surface area (Å²) in [5.41, 5.74) is 2.10. The standard InChI is InChI=1S/C16H14O2S/c1-12-7-9-14(10-8-12)19-15(11-16(17)18)13-5-3-2-4-6-13/h2-11H,1H3,(H,17,18)/b15-11+. The van der Waals surface area contributed by atoms with Crippen molar-refractivity contribution in [2.75, 3.05) is 0 Å². The largest absolute Gasteiger partial charge is 0.478 e. The van der Waals surface area contributed by atoms with Gasteiger partial charge in [-0.15, -0.1) is 0 Å². The van der Waals surface area contributed by atoms with E-state index in [0.717, 1.165) is 15.4 Å². The number of carboxylic acids is 1. The minimum absolute atomic E-state index is 0.733. The highest BCUT2D eigenvalue weighted by atomic mass is 32.2. The molecule has 1 N–H and O–H groups in total. The van der Waals surface area contributed by atoms with Crippen LogP contribution in [0.25, 0.3) is 4.91 Å². The van der Waals surface area contributed by atoms with E-state index >= 15 is 0 Å². The molecule has 0 aliphatic rings. The summed E-state index contributed by atoms with van der Waals surface area (Å²) >= 11 is 1.46. The van der Waals surface area contributed by atoms with Crippen LogP contribution in [-0.2, 0) is 4.79 Å². The average molecular weight is 270 g/mol. The predicted octanol–water partition coefficient (Wildman–Crippen LogP) is 4.21. The van der Waals surface area contributed by atoms with Crippen molar-refractivity contribution in [1.29, 1.82) is 0 Å². The van der Waals surface area contributed by atoms with Gasteiger partial charge in [0.1, 0.15) is 0 Å². The second kappa shape index (κ2) is 6.25. The molecule has 2 rings (SSSR count). The van der Waals surface area contributed by atoms with Crippen LogP contribution in [0.1, 0.15) is 11.1 Å². The van der Waals surface area contributed by atoms with Gasteiger partial charge in [-0.1, -0.05) is 59.8 Å².